The van der Waals surface area contributed by atoms with Crippen LogP contribution in [0.1, 0.15) is 11.1 Å². The second kappa shape index (κ2) is 4.49. The number of rotatable bonds is 2. The van der Waals surface area contributed by atoms with Gasteiger partial charge in [-0.3, -0.25) is 0 Å². The van der Waals surface area contributed by atoms with E-state index in [9.17, 15) is 0 Å². The Labute approximate surface area is 98.9 Å². The number of anilines is 3. The van der Waals surface area contributed by atoms with Gasteiger partial charge in [0.2, 0.25) is 0 Å². The third-order valence-corrected chi connectivity index (χ3v) is 2.31. The Morgan fingerprint density at radius 2 is 2.06 bits per heavy atom. The maximum atomic E-state index is 8.83. The quantitative estimate of drug-likeness (QED) is 0.815. The van der Waals surface area contributed by atoms with Crippen LogP contribution in [0, 0.1) is 18.3 Å². The Hall–Kier alpha value is -2.61. The molecule has 0 atom stereocenters. The average molecular weight is 225 g/mol. The van der Waals surface area contributed by atoms with Crippen LogP contribution in [0.2, 0.25) is 0 Å². The van der Waals surface area contributed by atoms with E-state index < -0.39 is 0 Å². The molecule has 0 bridgehead atoms. The van der Waals surface area contributed by atoms with Crippen molar-refractivity contribution < 1.29 is 0 Å². The minimum absolute atomic E-state index is 0.373. The van der Waals surface area contributed by atoms with Crippen molar-refractivity contribution in [3.8, 4) is 6.07 Å². The molecule has 0 aliphatic rings. The van der Waals surface area contributed by atoms with Crippen LogP contribution in [0.25, 0.3) is 0 Å². The number of hydrogen-bond donors (Lipinski definition) is 2. The lowest BCUT2D eigenvalue weighted by molar-refractivity contribution is 1.05. The zero-order valence-electron chi connectivity index (χ0n) is 9.31. The fourth-order valence-corrected chi connectivity index (χ4v) is 1.37. The minimum atomic E-state index is 0.373. The molecule has 0 spiro atoms. The molecule has 84 valence electrons. The summed E-state index contributed by atoms with van der Waals surface area (Å²) < 4.78 is 0. The first-order valence-corrected chi connectivity index (χ1v) is 5.06. The maximum absolute atomic E-state index is 8.83. The molecule has 5 heteroatoms. The molecular formula is C12H11N5. The summed E-state index contributed by atoms with van der Waals surface area (Å²) in [4.78, 5) is 0. The summed E-state index contributed by atoms with van der Waals surface area (Å²) in [7, 11) is 0. The van der Waals surface area contributed by atoms with Gasteiger partial charge in [-0.15, -0.1) is 10.2 Å². The van der Waals surface area contributed by atoms with Crippen LogP contribution in [0.15, 0.2) is 30.3 Å². The fraction of sp³-hybridized carbons (Fsp3) is 0.0833. The molecule has 0 saturated carbocycles. The first kappa shape index (κ1) is 10.9. The van der Waals surface area contributed by atoms with Crippen molar-refractivity contribution in [1.82, 2.24) is 10.2 Å². The van der Waals surface area contributed by atoms with Crippen molar-refractivity contribution >= 4 is 17.3 Å². The standard InChI is InChI=1S/C12H11N5/c1-8-2-3-9(7-13)6-10(8)15-12-5-4-11(14)16-17-12/h2-6H,1H3,(H2,14,16)(H,15,17). The molecule has 0 saturated heterocycles. The third kappa shape index (κ3) is 2.49. The van der Waals surface area contributed by atoms with E-state index in [-0.39, 0.29) is 0 Å². The summed E-state index contributed by atoms with van der Waals surface area (Å²) in [6.07, 6.45) is 0. The molecule has 0 radical (unpaired) electrons. The van der Waals surface area contributed by atoms with E-state index in [1.807, 2.05) is 13.0 Å². The molecule has 1 aromatic heterocycles. The number of nitrogen functional groups attached to an aromatic ring is 1. The highest BCUT2D eigenvalue weighted by Crippen LogP contribution is 2.20. The average Bonchev–Trinajstić information content (AvgIpc) is 2.35. The lowest BCUT2D eigenvalue weighted by Gasteiger charge is -2.08. The molecule has 1 heterocycles. The largest absolute Gasteiger partial charge is 0.382 e. The predicted octanol–water partition coefficient (Wildman–Crippen LogP) is 1.98. The predicted molar refractivity (Wildman–Crippen MR) is 65.6 cm³/mol. The molecule has 2 aromatic rings. The zero-order valence-corrected chi connectivity index (χ0v) is 9.31. The number of nitrogens with two attached hydrogens (primary N) is 1. The van der Waals surface area contributed by atoms with Gasteiger partial charge >= 0.3 is 0 Å². The van der Waals surface area contributed by atoms with E-state index in [0.29, 0.717) is 17.2 Å². The molecule has 0 unspecified atom stereocenters. The van der Waals surface area contributed by atoms with Gasteiger partial charge in [0.05, 0.1) is 11.6 Å². The van der Waals surface area contributed by atoms with E-state index in [4.69, 9.17) is 11.0 Å². The second-order valence-electron chi connectivity index (χ2n) is 3.61. The number of aromatic nitrogens is 2. The smallest absolute Gasteiger partial charge is 0.153 e. The molecule has 0 aliphatic heterocycles. The van der Waals surface area contributed by atoms with Gasteiger partial charge in [-0.05, 0) is 36.8 Å². The number of hydrogen-bond acceptors (Lipinski definition) is 5. The summed E-state index contributed by atoms with van der Waals surface area (Å²) in [6, 6.07) is 10.9. The Morgan fingerprint density at radius 3 is 2.71 bits per heavy atom. The zero-order chi connectivity index (χ0) is 12.3. The lowest BCUT2D eigenvalue weighted by atomic mass is 10.1. The van der Waals surface area contributed by atoms with Crippen LogP contribution >= 0.6 is 0 Å². The van der Waals surface area contributed by atoms with Crippen LogP contribution in [0.5, 0.6) is 0 Å². The monoisotopic (exact) mass is 225 g/mol. The molecule has 0 fully saturated rings. The summed E-state index contributed by atoms with van der Waals surface area (Å²) in [6.45, 7) is 1.95. The molecule has 2 rings (SSSR count). The van der Waals surface area contributed by atoms with E-state index in [1.54, 1.807) is 24.3 Å². The van der Waals surface area contributed by atoms with Crippen molar-refractivity contribution in [3.63, 3.8) is 0 Å². The normalized spacial score (nSPS) is 9.65. The van der Waals surface area contributed by atoms with Crippen molar-refractivity contribution in [2.24, 2.45) is 0 Å². The van der Waals surface area contributed by atoms with E-state index >= 15 is 0 Å². The van der Waals surface area contributed by atoms with E-state index in [1.165, 1.54) is 0 Å². The van der Waals surface area contributed by atoms with Crippen molar-refractivity contribution in [3.05, 3.63) is 41.5 Å². The van der Waals surface area contributed by atoms with Gasteiger partial charge in [-0.1, -0.05) is 6.07 Å². The van der Waals surface area contributed by atoms with Gasteiger partial charge in [0, 0.05) is 5.69 Å². The highest BCUT2D eigenvalue weighted by Gasteiger charge is 2.02. The Balaban J connectivity index is 2.29. The van der Waals surface area contributed by atoms with E-state index in [2.05, 4.69) is 21.6 Å². The van der Waals surface area contributed by atoms with E-state index in [0.717, 1.165) is 11.3 Å². The van der Waals surface area contributed by atoms with Gasteiger partial charge in [0.15, 0.2) is 5.82 Å². The lowest BCUT2D eigenvalue weighted by Crippen LogP contribution is -1.99. The first-order chi connectivity index (χ1) is 8.19. The maximum Gasteiger partial charge on any atom is 0.153 e. The van der Waals surface area contributed by atoms with Gasteiger partial charge in [0.25, 0.3) is 0 Å². The van der Waals surface area contributed by atoms with Crippen LogP contribution in [-0.4, -0.2) is 10.2 Å². The van der Waals surface area contributed by atoms with Crippen molar-refractivity contribution in [2.75, 3.05) is 11.1 Å². The summed E-state index contributed by atoms with van der Waals surface area (Å²) in [5.41, 5.74) is 7.92. The van der Waals surface area contributed by atoms with Gasteiger partial charge in [-0.2, -0.15) is 5.26 Å². The first-order valence-electron chi connectivity index (χ1n) is 5.06. The van der Waals surface area contributed by atoms with Crippen LogP contribution < -0.4 is 11.1 Å². The Kier molecular flexibility index (Phi) is 2.88. The highest BCUT2D eigenvalue weighted by molar-refractivity contribution is 5.62. The molecule has 1 aromatic carbocycles. The molecule has 5 nitrogen and oxygen atoms in total. The van der Waals surface area contributed by atoms with Crippen LogP contribution in [0.3, 0.4) is 0 Å². The second-order valence-corrected chi connectivity index (χ2v) is 3.61. The summed E-state index contributed by atoms with van der Waals surface area (Å²) >= 11 is 0. The minimum Gasteiger partial charge on any atom is -0.382 e. The van der Waals surface area contributed by atoms with Gasteiger partial charge in [0.1, 0.15) is 5.82 Å². The fourth-order valence-electron chi connectivity index (χ4n) is 1.37. The summed E-state index contributed by atoms with van der Waals surface area (Å²) in [5, 5.41) is 19.6. The molecule has 0 amide bonds. The molecular weight excluding hydrogens is 214 g/mol. The third-order valence-electron chi connectivity index (χ3n) is 2.31. The summed E-state index contributed by atoms with van der Waals surface area (Å²) in [5.74, 6) is 0.968. The highest BCUT2D eigenvalue weighted by atomic mass is 15.2. The van der Waals surface area contributed by atoms with Crippen molar-refractivity contribution in [2.45, 2.75) is 6.92 Å². The van der Waals surface area contributed by atoms with Gasteiger partial charge in [-0.25, -0.2) is 0 Å². The number of nitriles is 1. The SMILES string of the molecule is Cc1ccc(C#N)cc1Nc1ccc(N)nn1. The topological polar surface area (TPSA) is 87.6 Å². The molecule has 17 heavy (non-hydrogen) atoms. The number of nitrogens with one attached hydrogen (secondary N) is 1. The van der Waals surface area contributed by atoms with Crippen molar-refractivity contribution in [1.29, 1.82) is 5.26 Å². The number of benzene rings is 1. The number of nitrogens with zero attached hydrogens (tertiary/aromatic N) is 3. The molecule has 0 aliphatic carbocycles. The van der Waals surface area contributed by atoms with Crippen LogP contribution in [-0.2, 0) is 0 Å². The number of aryl methyl sites for hydroxylation is 1. The van der Waals surface area contributed by atoms with Gasteiger partial charge < -0.3 is 11.1 Å². The Morgan fingerprint density at radius 1 is 1.24 bits per heavy atom. The van der Waals surface area contributed by atoms with Crippen LogP contribution in [0.4, 0.5) is 17.3 Å². The Bertz CT molecular complexity index is 568. The molecule has 3 N–H and O–H groups in total.